The maximum absolute atomic E-state index is 12.0. The molecule has 7 nitrogen and oxygen atoms in total. The fraction of sp³-hybridized carbons (Fsp3) is 0.0769. The molecule has 100 valence electrons. The largest absolute Gasteiger partial charge is 0.321 e. The SMILES string of the molecule is Cn1nccc1C(=O)Nc1ccc2c(c1)C(=O)NC2=O. The summed E-state index contributed by atoms with van der Waals surface area (Å²) in [5, 5.41) is 8.76. The van der Waals surface area contributed by atoms with Crippen LogP contribution in [0.3, 0.4) is 0 Å². The van der Waals surface area contributed by atoms with Crippen LogP contribution in [0.15, 0.2) is 30.5 Å². The van der Waals surface area contributed by atoms with Crippen molar-refractivity contribution in [2.24, 2.45) is 7.05 Å². The van der Waals surface area contributed by atoms with Crippen LogP contribution in [-0.2, 0) is 7.05 Å². The molecule has 2 N–H and O–H groups in total. The van der Waals surface area contributed by atoms with Gasteiger partial charge in [0.15, 0.2) is 0 Å². The van der Waals surface area contributed by atoms with E-state index in [0.29, 0.717) is 16.9 Å². The number of aryl methyl sites for hydroxylation is 1. The second-order valence-corrected chi connectivity index (χ2v) is 4.34. The predicted octanol–water partition coefficient (Wildman–Crippen LogP) is 0.556. The summed E-state index contributed by atoms with van der Waals surface area (Å²) >= 11 is 0. The maximum Gasteiger partial charge on any atom is 0.273 e. The zero-order valence-corrected chi connectivity index (χ0v) is 10.5. The van der Waals surface area contributed by atoms with E-state index in [4.69, 9.17) is 0 Å². The van der Waals surface area contributed by atoms with E-state index in [1.807, 2.05) is 0 Å². The van der Waals surface area contributed by atoms with E-state index in [1.165, 1.54) is 23.0 Å². The first-order valence-corrected chi connectivity index (χ1v) is 5.85. The van der Waals surface area contributed by atoms with Crippen molar-refractivity contribution in [2.45, 2.75) is 0 Å². The van der Waals surface area contributed by atoms with E-state index in [9.17, 15) is 14.4 Å². The molecule has 20 heavy (non-hydrogen) atoms. The summed E-state index contributed by atoms with van der Waals surface area (Å²) in [7, 11) is 1.66. The molecule has 0 saturated heterocycles. The number of imide groups is 1. The molecule has 1 aromatic heterocycles. The Morgan fingerprint density at radius 2 is 1.95 bits per heavy atom. The Hall–Kier alpha value is -2.96. The number of rotatable bonds is 2. The molecule has 0 atom stereocenters. The highest BCUT2D eigenvalue weighted by atomic mass is 16.2. The van der Waals surface area contributed by atoms with Crippen molar-refractivity contribution in [2.75, 3.05) is 5.32 Å². The van der Waals surface area contributed by atoms with Crippen molar-refractivity contribution in [3.8, 4) is 0 Å². The third kappa shape index (κ3) is 1.85. The molecule has 3 rings (SSSR count). The number of amides is 3. The van der Waals surface area contributed by atoms with Crippen LogP contribution >= 0.6 is 0 Å². The summed E-state index contributed by atoms with van der Waals surface area (Å²) in [6.45, 7) is 0. The molecular formula is C13H10N4O3. The Labute approximate surface area is 113 Å². The summed E-state index contributed by atoms with van der Waals surface area (Å²) in [6.07, 6.45) is 1.52. The van der Waals surface area contributed by atoms with Gasteiger partial charge in [0, 0.05) is 18.9 Å². The first-order valence-electron chi connectivity index (χ1n) is 5.85. The number of hydrogen-bond donors (Lipinski definition) is 2. The predicted molar refractivity (Wildman–Crippen MR) is 69.4 cm³/mol. The number of benzene rings is 1. The van der Waals surface area contributed by atoms with Gasteiger partial charge in [0.25, 0.3) is 17.7 Å². The highest BCUT2D eigenvalue weighted by molar-refractivity contribution is 6.22. The third-order valence-corrected chi connectivity index (χ3v) is 3.05. The highest BCUT2D eigenvalue weighted by Crippen LogP contribution is 2.20. The summed E-state index contributed by atoms with van der Waals surface area (Å²) in [5.41, 5.74) is 1.41. The minimum absolute atomic E-state index is 0.262. The second-order valence-electron chi connectivity index (χ2n) is 4.34. The summed E-state index contributed by atoms with van der Waals surface area (Å²) in [6, 6.07) is 6.14. The molecule has 1 aliphatic heterocycles. The van der Waals surface area contributed by atoms with Crippen LogP contribution in [-0.4, -0.2) is 27.5 Å². The number of fused-ring (bicyclic) bond motifs is 1. The van der Waals surface area contributed by atoms with E-state index in [-0.39, 0.29) is 11.5 Å². The molecular weight excluding hydrogens is 260 g/mol. The number of nitrogens with one attached hydrogen (secondary N) is 2. The number of aromatic nitrogens is 2. The van der Waals surface area contributed by atoms with Gasteiger partial charge in [0.05, 0.1) is 11.1 Å². The van der Waals surface area contributed by atoms with Gasteiger partial charge in [-0.25, -0.2) is 0 Å². The van der Waals surface area contributed by atoms with E-state index in [1.54, 1.807) is 19.2 Å². The highest BCUT2D eigenvalue weighted by Gasteiger charge is 2.26. The molecule has 2 heterocycles. The van der Waals surface area contributed by atoms with Crippen LogP contribution in [0.1, 0.15) is 31.2 Å². The van der Waals surface area contributed by atoms with Crippen molar-refractivity contribution in [3.05, 3.63) is 47.3 Å². The Morgan fingerprint density at radius 1 is 1.20 bits per heavy atom. The molecule has 0 saturated carbocycles. The van der Waals surface area contributed by atoms with E-state index in [2.05, 4.69) is 15.7 Å². The average molecular weight is 270 g/mol. The van der Waals surface area contributed by atoms with E-state index >= 15 is 0 Å². The van der Waals surface area contributed by atoms with Gasteiger partial charge >= 0.3 is 0 Å². The average Bonchev–Trinajstić information content (AvgIpc) is 2.95. The molecule has 0 aliphatic carbocycles. The van der Waals surface area contributed by atoms with Gasteiger partial charge in [0.1, 0.15) is 5.69 Å². The Morgan fingerprint density at radius 3 is 2.65 bits per heavy atom. The van der Waals surface area contributed by atoms with Crippen molar-refractivity contribution in [1.82, 2.24) is 15.1 Å². The molecule has 0 bridgehead atoms. The van der Waals surface area contributed by atoms with E-state index < -0.39 is 11.8 Å². The minimum atomic E-state index is -0.457. The summed E-state index contributed by atoms with van der Waals surface area (Å²) in [4.78, 5) is 35.0. The van der Waals surface area contributed by atoms with Crippen LogP contribution in [0.2, 0.25) is 0 Å². The van der Waals surface area contributed by atoms with Gasteiger partial charge in [-0.1, -0.05) is 0 Å². The lowest BCUT2D eigenvalue weighted by Gasteiger charge is -2.06. The molecule has 2 aromatic rings. The lowest BCUT2D eigenvalue weighted by molar-refractivity contribution is 0.0878. The monoisotopic (exact) mass is 270 g/mol. The lowest BCUT2D eigenvalue weighted by Crippen LogP contribution is -2.19. The van der Waals surface area contributed by atoms with Gasteiger partial charge < -0.3 is 5.32 Å². The standard InChI is InChI=1S/C13H10N4O3/c1-17-10(4-5-14-17)13(20)15-7-2-3-8-9(6-7)12(19)16-11(8)18/h2-6H,1H3,(H,15,20)(H,16,18,19). The minimum Gasteiger partial charge on any atom is -0.321 e. The molecule has 1 aromatic carbocycles. The number of carbonyl (C=O) groups excluding carboxylic acids is 3. The van der Waals surface area contributed by atoms with Crippen molar-refractivity contribution in [1.29, 1.82) is 0 Å². The quantitative estimate of drug-likeness (QED) is 0.779. The number of hydrogen-bond acceptors (Lipinski definition) is 4. The molecule has 7 heteroatoms. The van der Waals surface area contributed by atoms with Gasteiger partial charge in [0.2, 0.25) is 0 Å². The fourth-order valence-corrected chi connectivity index (χ4v) is 2.04. The van der Waals surface area contributed by atoms with Gasteiger partial charge in [-0.3, -0.25) is 24.4 Å². The van der Waals surface area contributed by atoms with Crippen LogP contribution < -0.4 is 10.6 Å². The van der Waals surface area contributed by atoms with Crippen LogP contribution in [0, 0.1) is 0 Å². The first-order chi connectivity index (χ1) is 9.56. The Balaban J connectivity index is 1.88. The van der Waals surface area contributed by atoms with E-state index in [0.717, 1.165) is 0 Å². The summed E-state index contributed by atoms with van der Waals surface area (Å²) in [5.74, 6) is -1.22. The van der Waals surface area contributed by atoms with Crippen molar-refractivity contribution in [3.63, 3.8) is 0 Å². The van der Waals surface area contributed by atoms with Crippen LogP contribution in [0.4, 0.5) is 5.69 Å². The first kappa shape index (κ1) is 12.1. The molecule has 0 spiro atoms. The molecule has 0 fully saturated rings. The zero-order valence-electron chi connectivity index (χ0n) is 10.5. The second kappa shape index (κ2) is 4.30. The molecule has 3 amide bonds. The zero-order chi connectivity index (χ0) is 14.3. The third-order valence-electron chi connectivity index (χ3n) is 3.05. The van der Waals surface area contributed by atoms with Gasteiger partial charge in [-0.05, 0) is 24.3 Å². The normalized spacial score (nSPS) is 13.1. The molecule has 0 unspecified atom stereocenters. The van der Waals surface area contributed by atoms with Crippen LogP contribution in [0.5, 0.6) is 0 Å². The number of nitrogens with zero attached hydrogens (tertiary/aromatic N) is 2. The Bertz CT molecular complexity index is 748. The molecule has 1 aliphatic rings. The number of anilines is 1. The lowest BCUT2D eigenvalue weighted by atomic mass is 10.1. The molecule has 0 radical (unpaired) electrons. The topological polar surface area (TPSA) is 93.1 Å². The van der Waals surface area contributed by atoms with Gasteiger partial charge in [-0.2, -0.15) is 5.10 Å². The smallest absolute Gasteiger partial charge is 0.273 e. The van der Waals surface area contributed by atoms with Crippen molar-refractivity contribution < 1.29 is 14.4 Å². The van der Waals surface area contributed by atoms with Crippen LogP contribution in [0.25, 0.3) is 0 Å². The summed E-state index contributed by atoms with van der Waals surface area (Å²) < 4.78 is 1.44. The van der Waals surface area contributed by atoms with Crippen molar-refractivity contribution >= 4 is 23.4 Å². The maximum atomic E-state index is 12.0. The fourth-order valence-electron chi connectivity index (χ4n) is 2.04. The van der Waals surface area contributed by atoms with Gasteiger partial charge in [-0.15, -0.1) is 0 Å². The number of carbonyl (C=O) groups is 3. The Kier molecular flexibility index (Phi) is 2.60.